The first-order valence-corrected chi connectivity index (χ1v) is 7.03. The first kappa shape index (κ1) is 11.8. The average molecular weight is 274 g/mol. The van der Waals surface area contributed by atoms with E-state index >= 15 is 0 Å². The SMILES string of the molecule is NS(=O)(=O)c1ccccc1-n1cc2cccnc2n1. The van der Waals surface area contributed by atoms with Gasteiger partial charge in [-0.2, -0.15) is 0 Å². The Labute approximate surface area is 109 Å². The molecule has 96 valence electrons. The van der Waals surface area contributed by atoms with Crippen LogP contribution >= 0.6 is 0 Å². The van der Waals surface area contributed by atoms with E-state index in [1.807, 2.05) is 6.07 Å². The van der Waals surface area contributed by atoms with Crippen LogP contribution in [0, 0.1) is 0 Å². The van der Waals surface area contributed by atoms with Gasteiger partial charge in [-0.1, -0.05) is 12.1 Å². The zero-order valence-corrected chi connectivity index (χ0v) is 10.6. The van der Waals surface area contributed by atoms with E-state index in [2.05, 4.69) is 10.1 Å². The summed E-state index contributed by atoms with van der Waals surface area (Å²) in [6, 6.07) is 10.1. The third kappa shape index (κ3) is 2.09. The maximum atomic E-state index is 11.6. The van der Waals surface area contributed by atoms with Crippen LogP contribution in [0.2, 0.25) is 0 Å². The Balaban J connectivity index is 2.27. The molecule has 0 aliphatic rings. The van der Waals surface area contributed by atoms with Crippen molar-refractivity contribution in [1.29, 1.82) is 0 Å². The molecule has 0 saturated heterocycles. The summed E-state index contributed by atoms with van der Waals surface area (Å²) in [6.45, 7) is 0. The lowest BCUT2D eigenvalue weighted by atomic mass is 10.3. The fourth-order valence-electron chi connectivity index (χ4n) is 1.87. The summed E-state index contributed by atoms with van der Waals surface area (Å²) in [5.74, 6) is 0. The van der Waals surface area contributed by atoms with Crippen LogP contribution in [0.5, 0.6) is 0 Å². The Morgan fingerprint density at radius 3 is 2.63 bits per heavy atom. The van der Waals surface area contributed by atoms with Crippen molar-refractivity contribution in [3.05, 3.63) is 48.8 Å². The van der Waals surface area contributed by atoms with Gasteiger partial charge >= 0.3 is 0 Å². The number of hydrogen-bond donors (Lipinski definition) is 1. The van der Waals surface area contributed by atoms with Crippen molar-refractivity contribution >= 4 is 21.1 Å². The van der Waals surface area contributed by atoms with E-state index in [1.165, 1.54) is 10.7 Å². The van der Waals surface area contributed by atoms with Crippen molar-refractivity contribution in [2.45, 2.75) is 4.90 Å². The zero-order valence-electron chi connectivity index (χ0n) is 9.76. The van der Waals surface area contributed by atoms with E-state index < -0.39 is 10.0 Å². The second kappa shape index (κ2) is 4.15. The Kier molecular flexibility index (Phi) is 2.58. The van der Waals surface area contributed by atoms with Crippen molar-refractivity contribution in [2.24, 2.45) is 5.14 Å². The normalized spacial score (nSPS) is 11.8. The van der Waals surface area contributed by atoms with E-state index in [-0.39, 0.29) is 4.90 Å². The highest BCUT2D eigenvalue weighted by molar-refractivity contribution is 7.89. The molecule has 0 aliphatic heterocycles. The lowest BCUT2D eigenvalue weighted by Gasteiger charge is -2.06. The van der Waals surface area contributed by atoms with Gasteiger partial charge in [-0.3, -0.25) is 0 Å². The maximum absolute atomic E-state index is 11.6. The number of aromatic nitrogens is 3. The van der Waals surface area contributed by atoms with Crippen LogP contribution in [0.25, 0.3) is 16.7 Å². The predicted octanol–water partition coefficient (Wildman–Crippen LogP) is 1.07. The van der Waals surface area contributed by atoms with Gasteiger partial charge in [-0.15, -0.1) is 5.10 Å². The molecule has 0 unspecified atom stereocenters. The third-order valence-electron chi connectivity index (χ3n) is 2.70. The monoisotopic (exact) mass is 274 g/mol. The van der Waals surface area contributed by atoms with Gasteiger partial charge in [-0.05, 0) is 24.3 Å². The third-order valence-corrected chi connectivity index (χ3v) is 3.66. The van der Waals surface area contributed by atoms with Gasteiger partial charge in [0, 0.05) is 17.8 Å². The highest BCUT2D eigenvalue weighted by atomic mass is 32.2. The Bertz CT molecular complexity index is 822. The molecule has 2 heterocycles. The summed E-state index contributed by atoms with van der Waals surface area (Å²) in [6.07, 6.45) is 3.34. The standard InChI is InChI=1S/C12H10N4O2S/c13-19(17,18)11-6-2-1-5-10(11)16-8-9-4-3-7-14-12(9)15-16/h1-8H,(H2,13,17,18). The van der Waals surface area contributed by atoms with Gasteiger partial charge in [0.15, 0.2) is 5.65 Å². The van der Waals surface area contributed by atoms with Crippen molar-refractivity contribution in [1.82, 2.24) is 14.8 Å². The maximum Gasteiger partial charge on any atom is 0.240 e. The number of fused-ring (bicyclic) bond motifs is 1. The number of hydrogen-bond acceptors (Lipinski definition) is 4. The summed E-state index contributed by atoms with van der Waals surface area (Å²) in [4.78, 5) is 4.14. The lowest BCUT2D eigenvalue weighted by molar-refractivity contribution is 0.596. The highest BCUT2D eigenvalue weighted by Gasteiger charge is 2.15. The van der Waals surface area contributed by atoms with Crippen molar-refractivity contribution in [3.63, 3.8) is 0 Å². The van der Waals surface area contributed by atoms with E-state index in [9.17, 15) is 8.42 Å². The number of rotatable bonds is 2. The molecule has 0 bridgehead atoms. The molecule has 0 atom stereocenters. The van der Waals surface area contributed by atoms with E-state index in [0.29, 0.717) is 11.3 Å². The summed E-state index contributed by atoms with van der Waals surface area (Å²) < 4.78 is 24.6. The number of sulfonamides is 1. The van der Waals surface area contributed by atoms with Crippen LogP contribution < -0.4 is 5.14 Å². The van der Waals surface area contributed by atoms with Gasteiger partial charge < -0.3 is 0 Å². The zero-order chi connectivity index (χ0) is 13.5. The Morgan fingerprint density at radius 1 is 1.11 bits per heavy atom. The number of benzene rings is 1. The molecule has 0 radical (unpaired) electrons. The minimum atomic E-state index is -3.80. The molecule has 0 saturated carbocycles. The molecule has 0 amide bonds. The average Bonchev–Trinajstić information content (AvgIpc) is 2.81. The molecular weight excluding hydrogens is 264 g/mol. The molecule has 6 nitrogen and oxygen atoms in total. The van der Waals surface area contributed by atoms with E-state index in [0.717, 1.165) is 5.39 Å². The topological polar surface area (TPSA) is 90.9 Å². The molecular formula is C12H10N4O2S. The predicted molar refractivity (Wildman–Crippen MR) is 70.2 cm³/mol. The van der Waals surface area contributed by atoms with Crippen LogP contribution in [-0.2, 0) is 10.0 Å². The molecule has 0 fully saturated rings. The highest BCUT2D eigenvalue weighted by Crippen LogP contribution is 2.20. The fourth-order valence-corrected chi connectivity index (χ4v) is 2.59. The molecule has 2 aromatic heterocycles. The minimum Gasteiger partial charge on any atom is -0.237 e. The number of nitrogens with zero attached hydrogens (tertiary/aromatic N) is 3. The summed E-state index contributed by atoms with van der Waals surface area (Å²) in [5.41, 5.74) is 0.953. The van der Waals surface area contributed by atoms with Crippen LogP contribution in [-0.4, -0.2) is 23.2 Å². The number of pyridine rings is 1. The molecule has 0 aliphatic carbocycles. The largest absolute Gasteiger partial charge is 0.240 e. The van der Waals surface area contributed by atoms with E-state index in [1.54, 1.807) is 36.7 Å². The fraction of sp³-hybridized carbons (Fsp3) is 0. The number of primary sulfonamides is 1. The van der Waals surface area contributed by atoms with Crippen LogP contribution in [0.1, 0.15) is 0 Å². The smallest absolute Gasteiger partial charge is 0.237 e. The summed E-state index contributed by atoms with van der Waals surface area (Å²) in [7, 11) is -3.80. The molecule has 3 aromatic rings. The summed E-state index contributed by atoms with van der Waals surface area (Å²) in [5, 5.41) is 10.3. The first-order valence-electron chi connectivity index (χ1n) is 5.48. The Morgan fingerprint density at radius 2 is 1.89 bits per heavy atom. The van der Waals surface area contributed by atoms with Gasteiger partial charge in [-0.25, -0.2) is 23.2 Å². The quantitative estimate of drug-likeness (QED) is 0.756. The molecule has 2 N–H and O–H groups in total. The van der Waals surface area contributed by atoms with Crippen LogP contribution in [0.4, 0.5) is 0 Å². The van der Waals surface area contributed by atoms with Crippen LogP contribution in [0.15, 0.2) is 53.7 Å². The molecule has 3 rings (SSSR count). The molecule has 0 spiro atoms. The molecule has 19 heavy (non-hydrogen) atoms. The van der Waals surface area contributed by atoms with Crippen LogP contribution in [0.3, 0.4) is 0 Å². The van der Waals surface area contributed by atoms with Gasteiger partial charge in [0.05, 0.1) is 5.69 Å². The number of para-hydroxylation sites is 1. The summed E-state index contributed by atoms with van der Waals surface area (Å²) >= 11 is 0. The second-order valence-electron chi connectivity index (χ2n) is 4.00. The number of nitrogens with two attached hydrogens (primary N) is 1. The van der Waals surface area contributed by atoms with Crippen molar-refractivity contribution < 1.29 is 8.42 Å². The Hall–Kier alpha value is -2.25. The van der Waals surface area contributed by atoms with Gasteiger partial charge in [0.2, 0.25) is 10.0 Å². The van der Waals surface area contributed by atoms with Gasteiger partial charge in [0.1, 0.15) is 4.90 Å². The lowest BCUT2D eigenvalue weighted by Crippen LogP contribution is -2.15. The first-order chi connectivity index (χ1) is 9.05. The van der Waals surface area contributed by atoms with Crippen molar-refractivity contribution in [3.8, 4) is 5.69 Å². The van der Waals surface area contributed by atoms with E-state index in [4.69, 9.17) is 5.14 Å². The van der Waals surface area contributed by atoms with Gasteiger partial charge in [0.25, 0.3) is 0 Å². The van der Waals surface area contributed by atoms with Crippen molar-refractivity contribution in [2.75, 3.05) is 0 Å². The molecule has 1 aromatic carbocycles. The molecule has 7 heteroatoms. The minimum absolute atomic E-state index is 0.0304. The second-order valence-corrected chi connectivity index (χ2v) is 5.53.